The van der Waals surface area contributed by atoms with Gasteiger partial charge in [-0.05, 0) is 33.1 Å². The predicted molar refractivity (Wildman–Crippen MR) is 78.4 cm³/mol. The summed E-state index contributed by atoms with van der Waals surface area (Å²) in [6, 6.07) is -0.158. The number of methoxy groups -OCH3 is 1. The second kappa shape index (κ2) is 8.61. The van der Waals surface area contributed by atoms with Gasteiger partial charge in [0.1, 0.15) is 5.60 Å². The lowest BCUT2D eigenvalue weighted by molar-refractivity contribution is -0.139. The third-order valence-corrected chi connectivity index (χ3v) is 2.31. The highest BCUT2D eigenvalue weighted by atomic mass is 16.6. The Bertz CT molecular complexity index is 342. The lowest BCUT2D eigenvalue weighted by Crippen LogP contribution is -2.38. The molecular weight excluding hydrogens is 258 g/mol. The van der Waals surface area contributed by atoms with Gasteiger partial charge in [-0.25, -0.2) is 4.79 Å². The van der Waals surface area contributed by atoms with E-state index in [1.807, 2.05) is 20.8 Å². The number of amides is 1. The van der Waals surface area contributed by atoms with Crippen LogP contribution in [0.2, 0.25) is 0 Å². The molecule has 0 saturated carbocycles. The van der Waals surface area contributed by atoms with E-state index in [1.54, 1.807) is 12.2 Å². The average Bonchev–Trinajstić information content (AvgIpc) is 2.24. The Morgan fingerprint density at radius 1 is 1.25 bits per heavy atom. The fourth-order valence-electron chi connectivity index (χ4n) is 1.56. The number of hydrogen-bond donors (Lipinski definition) is 1. The summed E-state index contributed by atoms with van der Waals surface area (Å²) in [6.45, 7) is 9.58. The number of ether oxygens (including phenoxy) is 2. The highest BCUT2D eigenvalue weighted by Crippen LogP contribution is 2.10. The van der Waals surface area contributed by atoms with Crippen molar-refractivity contribution in [2.24, 2.45) is 5.92 Å². The maximum atomic E-state index is 11.7. The van der Waals surface area contributed by atoms with Crippen LogP contribution < -0.4 is 5.32 Å². The summed E-state index contributed by atoms with van der Waals surface area (Å²) in [4.78, 5) is 22.8. The Labute approximate surface area is 121 Å². The predicted octanol–water partition coefficient (Wildman–Crippen LogP) is 3.05. The quantitative estimate of drug-likeness (QED) is 0.602. The molecular formula is C15H27NO4. The van der Waals surface area contributed by atoms with Gasteiger partial charge in [0.05, 0.1) is 19.6 Å². The molecule has 1 unspecified atom stereocenters. The second-order valence-corrected chi connectivity index (χ2v) is 6.09. The summed E-state index contributed by atoms with van der Waals surface area (Å²) in [5.41, 5.74) is -0.526. The first-order valence-electron chi connectivity index (χ1n) is 6.87. The van der Waals surface area contributed by atoms with Crippen LogP contribution in [0.1, 0.15) is 47.5 Å². The minimum Gasteiger partial charge on any atom is -0.469 e. The topological polar surface area (TPSA) is 64.6 Å². The van der Waals surface area contributed by atoms with Crippen LogP contribution in [0.5, 0.6) is 0 Å². The Hall–Kier alpha value is -1.52. The van der Waals surface area contributed by atoms with E-state index in [-0.39, 0.29) is 18.4 Å². The van der Waals surface area contributed by atoms with Crippen LogP contribution in [0, 0.1) is 5.92 Å². The highest BCUT2D eigenvalue weighted by molar-refractivity contribution is 5.71. The molecule has 0 bridgehead atoms. The lowest BCUT2D eigenvalue weighted by atomic mass is 10.0. The Kier molecular flexibility index (Phi) is 7.96. The van der Waals surface area contributed by atoms with Gasteiger partial charge in [-0.3, -0.25) is 4.79 Å². The third kappa shape index (κ3) is 10.4. The number of alkyl carbamates (subject to hydrolysis) is 1. The SMILES string of the molecule is COC(=O)CC=CC(CC(C)C)NC(=O)OC(C)(C)C. The molecule has 116 valence electrons. The zero-order valence-corrected chi connectivity index (χ0v) is 13.4. The number of carbonyl (C=O) groups is 2. The molecule has 0 spiro atoms. The smallest absolute Gasteiger partial charge is 0.408 e. The van der Waals surface area contributed by atoms with Gasteiger partial charge < -0.3 is 14.8 Å². The van der Waals surface area contributed by atoms with E-state index < -0.39 is 11.7 Å². The minimum atomic E-state index is -0.526. The third-order valence-electron chi connectivity index (χ3n) is 2.31. The molecule has 20 heavy (non-hydrogen) atoms. The number of hydrogen-bond acceptors (Lipinski definition) is 4. The summed E-state index contributed by atoms with van der Waals surface area (Å²) in [5, 5.41) is 2.80. The van der Waals surface area contributed by atoms with Crippen molar-refractivity contribution in [3.05, 3.63) is 12.2 Å². The van der Waals surface area contributed by atoms with Crippen LogP contribution in [0.4, 0.5) is 4.79 Å². The zero-order valence-electron chi connectivity index (χ0n) is 13.4. The molecule has 0 heterocycles. The monoisotopic (exact) mass is 285 g/mol. The standard InChI is InChI=1S/C15H27NO4/c1-11(2)10-12(8-7-9-13(17)19-6)16-14(18)20-15(3,4)5/h7-8,11-12H,9-10H2,1-6H3,(H,16,18). The van der Waals surface area contributed by atoms with Crippen molar-refractivity contribution in [1.82, 2.24) is 5.32 Å². The van der Waals surface area contributed by atoms with Crippen molar-refractivity contribution < 1.29 is 19.1 Å². The summed E-state index contributed by atoms with van der Waals surface area (Å²) < 4.78 is 9.78. The van der Waals surface area contributed by atoms with Gasteiger partial charge in [0, 0.05) is 0 Å². The highest BCUT2D eigenvalue weighted by Gasteiger charge is 2.18. The van der Waals surface area contributed by atoms with Crippen LogP contribution in [0.3, 0.4) is 0 Å². The number of rotatable bonds is 6. The van der Waals surface area contributed by atoms with Crippen molar-refractivity contribution in [3.63, 3.8) is 0 Å². The Morgan fingerprint density at radius 3 is 2.30 bits per heavy atom. The first-order chi connectivity index (χ1) is 9.14. The fraction of sp³-hybridized carbons (Fsp3) is 0.733. The molecule has 0 aromatic rings. The molecule has 0 aromatic carbocycles. The normalized spacial score (nSPS) is 13.3. The van der Waals surface area contributed by atoms with Crippen molar-refractivity contribution >= 4 is 12.1 Å². The van der Waals surface area contributed by atoms with Gasteiger partial charge in [-0.2, -0.15) is 0 Å². The van der Waals surface area contributed by atoms with E-state index in [4.69, 9.17) is 4.74 Å². The molecule has 1 atom stereocenters. The molecule has 1 N–H and O–H groups in total. The Balaban J connectivity index is 4.48. The Morgan fingerprint density at radius 2 is 1.85 bits per heavy atom. The molecule has 5 nitrogen and oxygen atoms in total. The first-order valence-corrected chi connectivity index (χ1v) is 6.87. The molecule has 0 aliphatic rings. The van der Waals surface area contributed by atoms with Crippen LogP contribution in [-0.4, -0.2) is 30.8 Å². The van der Waals surface area contributed by atoms with Crippen molar-refractivity contribution in [2.45, 2.75) is 59.1 Å². The molecule has 0 rings (SSSR count). The molecule has 1 amide bonds. The average molecular weight is 285 g/mol. The number of carbonyl (C=O) groups excluding carboxylic acids is 2. The molecule has 0 aliphatic heterocycles. The van der Waals surface area contributed by atoms with Gasteiger partial charge in [0.25, 0.3) is 0 Å². The van der Waals surface area contributed by atoms with Gasteiger partial charge in [-0.1, -0.05) is 26.0 Å². The largest absolute Gasteiger partial charge is 0.469 e. The summed E-state index contributed by atoms with van der Waals surface area (Å²) >= 11 is 0. The van der Waals surface area contributed by atoms with E-state index in [1.165, 1.54) is 7.11 Å². The molecule has 0 fully saturated rings. The van der Waals surface area contributed by atoms with E-state index in [2.05, 4.69) is 23.9 Å². The van der Waals surface area contributed by atoms with Crippen LogP contribution in [0.25, 0.3) is 0 Å². The van der Waals surface area contributed by atoms with Crippen molar-refractivity contribution in [3.8, 4) is 0 Å². The van der Waals surface area contributed by atoms with Crippen LogP contribution in [0.15, 0.2) is 12.2 Å². The molecule has 5 heteroatoms. The minimum absolute atomic E-state index is 0.158. The molecule has 0 aliphatic carbocycles. The van der Waals surface area contributed by atoms with Gasteiger partial charge >= 0.3 is 12.1 Å². The fourth-order valence-corrected chi connectivity index (χ4v) is 1.56. The van der Waals surface area contributed by atoms with Crippen molar-refractivity contribution in [1.29, 1.82) is 0 Å². The van der Waals surface area contributed by atoms with E-state index in [0.717, 1.165) is 6.42 Å². The summed E-state index contributed by atoms with van der Waals surface area (Å²) in [5.74, 6) is 0.111. The van der Waals surface area contributed by atoms with E-state index in [9.17, 15) is 9.59 Å². The first kappa shape index (κ1) is 18.5. The van der Waals surface area contributed by atoms with Gasteiger partial charge in [0.2, 0.25) is 0 Å². The van der Waals surface area contributed by atoms with Gasteiger partial charge in [0.15, 0.2) is 0 Å². The van der Waals surface area contributed by atoms with Crippen molar-refractivity contribution in [2.75, 3.05) is 7.11 Å². The van der Waals surface area contributed by atoms with E-state index in [0.29, 0.717) is 5.92 Å². The number of esters is 1. The van der Waals surface area contributed by atoms with Crippen LogP contribution in [-0.2, 0) is 14.3 Å². The summed E-state index contributed by atoms with van der Waals surface area (Å²) in [6.07, 6.45) is 4.03. The molecule has 0 aromatic heterocycles. The van der Waals surface area contributed by atoms with Crippen LogP contribution >= 0.6 is 0 Å². The second-order valence-electron chi connectivity index (χ2n) is 6.09. The zero-order chi connectivity index (χ0) is 15.8. The molecule has 0 radical (unpaired) electrons. The summed E-state index contributed by atoms with van der Waals surface area (Å²) in [7, 11) is 1.35. The maximum Gasteiger partial charge on any atom is 0.408 e. The maximum absolute atomic E-state index is 11.7. The molecule has 0 saturated heterocycles. The lowest BCUT2D eigenvalue weighted by Gasteiger charge is -2.23. The van der Waals surface area contributed by atoms with E-state index >= 15 is 0 Å². The number of nitrogens with one attached hydrogen (secondary N) is 1. The van der Waals surface area contributed by atoms with Gasteiger partial charge in [-0.15, -0.1) is 0 Å².